The summed E-state index contributed by atoms with van der Waals surface area (Å²) in [6.45, 7) is 8.53. The lowest BCUT2D eigenvalue weighted by atomic mass is 10.1. The molecule has 1 unspecified atom stereocenters. The predicted octanol–water partition coefficient (Wildman–Crippen LogP) is 2.57. The van der Waals surface area contributed by atoms with Gasteiger partial charge in [-0.2, -0.15) is 0 Å². The van der Waals surface area contributed by atoms with Gasteiger partial charge in [0.15, 0.2) is 5.96 Å². The van der Waals surface area contributed by atoms with Crippen molar-refractivity contribution in [3.8, 4) is 0 Å². The minimum Gasteiger partial charge on any atom is -0.389 e. The molecule has 0 fully saturated rings. The summed E-state index contributed by atoms with van der Waals surface area (Å²) in [5.41, 5.74) is 0.669. The smallest absolute Gasteiger partial charge is 0.191 e. The van der Waals surface area contributed by atoms with Crippen molar-refractivity contribution in [2.75, 3.05) is 32.8 Å². The van der Waals surface area contributed by atoms with Crippen LogP contribution in [0.25, 0.3) is 0 Å². The maximum absolute atomic E-state index is 13.6. The molecule has 3 N–H and O–H groups in total. The number of aliphatic hydroxyl groups is 1. The Morgan fingerprint density at radius 1 is 1.24 bits per heavy atom. The zero-order chi connectivity index (χ0) is 17.8. The number of nitrogens with one attached hydrogen (secondary N) is 2. The number of benzene rings is 1. The fraction of sp³-hybridized carbons (Fsp3) is 0.611. The number of ether oxygens (including phenoxy) is 1. The molecule has 0 aliphatic heterocycles. The molecule has 0 bridgehead atoms. The Kier molecular flexibility index (Phi) is 13.7. The van der Waals surface area contributed by atoms with E-state index in [9.17, 15) is 9.50 Å². The third-order valence-corrected chi connectivity index (χ3v) is 3.21. The second kappa shape index (κ2) is 14.3. The van der Waals surface area contributed by atoms with Crippen molar-refractivity contribution in [1.82, 2.24) is 10.6 Å². The first kappa shape index (κ1) is 24.1. The fourth-order valence-corrected chi connectivity index (χ4v) is 2.05. The van der Waals surface area contributed by atoms with Gasteiger partial charge in [0.2, 0.25) is 0 Å². The molecule has 0 spiro atoms. The average molecular weight is 467 g/mol. The highest BCUT2D eigenvalue weighted by Gasteiger charge is 2.06. The van der Waals surface area contributed by atoms with E-state index in [2.05, 4.69) is 29.5 Å². The van der Waals surface area contributed by atoms with Gasteiger partial charge >= 0.3 is 0 Å². The molecule has 0 aliphatic carbocycles. The molecular formula is C18H31FIN3O2. The highest BCUT2D eigenvalue weighted by molar-refractivity contribution is 14.0. The highest BCUT2D eigenvalue weighted by Crippen LogP contribution is 2.06. The number of aliphatic hydroxyl groups excluding tert-OH is 1. The topological polar surface area (TPSA) is 65.9 Å². The quantitative estimate of drug-likeness (QED) is 0.281. The molecule has 0 aliphatic rings. The van der Waals surface area contributed by atoms with E-state index in [-0.39, 0.29) is 42.9 Å². The Morgan fingerprint density at radius 2 is 1.96 bits per heavy atom. The molecule has 1 rings (SSSR count). The van der Waals surface area contributed by atoms with E-state index >= 15 is 0 Å². The second-order valence-corrected chi connectivity index (χ2v) is 6.07. The lowest BCUT2D eigenvalue weighted by Gasteiger charge is -2.14. The van der Waals surface area contributed by atoms with Crippen molar-refractivity contribution in [3.63, 3.8) is 0 Å². The third kappa shape index (κ3) is 11.3. The van der Waals surface area contributed by atoms with Crippen LogP contribution in [0.2, 0.25) is 0 Å². The number of nitrogens with zero attached hydrogens (tertiary/aromatic N) is 1. The van der Waals surface area contributed by atoms with Gasteiger partial charge in [0.05, 0.1) is 19.3 Å². The van der Waals surface area contributed by atoms with E-state index in [0.717, 1.165) is 0 Å². The number of rotatable bonds is 10. The summed E-state index contributed by atoms with van der Waals surface area (Å²) >= 11 is 0. The number of hydrogen-bond donors (Lipinski definition) is 3. The van der Waals surface area contributed by atoms with Crippen molar-refractivity contribution < 1.29 is 14.2 Å². The summed E-state index contributed by atoms with van der Waals surface area (Å²) in [5.74, 6) is 0.855. The van der Waals surface area contributed by atoms with Crippen LogP contribution >= 0.6 is 24.0 Å². The number of hydrogen-bond acceptors (Lipinski definition) is 3. The maximum Gasteiger partial charge on any atom is 0.191 e. The lowest BCUT2D eigenvalue weighted by Crippen LogP contribution is -2.39. The number of aliphatic imine (C=N–C) groups is 1. The largest absolute Gasteiger partial charge is 0.389 e. The molecule has 1 aromatic rings. The lowest BCUT2D eigenvalue weighted by molar-refractivity contribution is 0.0301. The summed E-state index contributed by atoms with van der Waals surface area (Å²) in [4.78, 5) is 4.34. The van der Waals surface area contributed by atoms with Crippen LogP contribution in [0.5, 0.6) is 0 Å². The summed E-state index contributed by atoms with van der Waals surface area (Å²) in [6, 6.07) is 6.74. The number of halogens is 2. The van der Waals surface area contributed by atoms with Crippen LogP contribution in [0.3, 0.4) is 0 Å². The molecule has 0 aromatic heterocycles. The third-order valence-electron chi connectivity index (χ3n) is 3.21. The standard InChI is InChI=1S/C18H30FN3O2.HI/c1-4-20-18(22-11-16(23)13-24-12-14(2)3)21-10-9-15-7-5-6-8-17(15)19;/h5-8,14,16,23H,4,9-13H2,1-3H3,(H2,20,21,22);1H. The first-order chi connectivity index (χ1) is 11.5. The Balaban J connectivity index is 0.00000576. The summed E-state index contributed by atoms with van der Waals surface area (Å²) in [7, 11) is 0. The summed E-state index contributed by atoms with van der Waals surface area (Å²) in [6.07, 6.45) is -0.0669. The molecule has 25 heavy (non-hydrogen) atoms. The van der Waals surface area contributed by atoms with Gasteiger partial charge in [0, 0.05) is 19.7 Å². The Labute approximate surface area is 167 Å². The van der Waals surface area contributed by atoms with Crippen LogP contribution in [0, 0.1) is 11.7 Å². The van der Waals surface area contributed by atoms with E-state index in [1.54, 1.807) is 12.1 Å². The van der Waals surface area contributed by atoms with Gasteiger partial charge in [-0.3, -0.25) is 4.99 Å². The molecule has 1 atom stereocenters. The van der Waals surface area contributed by atoms with E-state index in [0.29, 0.717) is 43.6 Å². The molecule has 0 heterocycles. The van der Waals surface area contributed by atoms with Gasteiger partial charge < -0.3 is 20.5 Å². The van der Waals surface area contributed by atoms with Crippen LogP contribution in [-0.4, -0.2) is 50.0 Å². The molecular weight excluding hydrogens is 436 g/mol. The first-order valence-corrected chi connectivity index (χ1v) is 8.54. The SMILES string of the molecule is CCNC(=NCC(O)COCC(C)C)NCCc1ccccc1F.I. The maximum atomic E-state index is 13.6. The Hall–Kier alpha value is -0.930. The van der Waals surface area contributed by atoms with Crippen molar-refractivity contribution in [3.05, 3.63) is 35.6 Å². The fourth-order valence-electron chi connectivity index (χ4n) is 2.05. The minimum atomic E-state index is -0.634. The van der Waals surface area contributed by atoms with Crippen LogP contribution in [0.15, 0.2) is 29.3 Å². The zero-order valence-corrected chi connectivity index (χ0v) is 17.6. The van der Waals surface area contributed by atoms with Gasteiger partial charge in [-0.1, -0.05) is 32.0 Å². The van der Waals surface area contributed by atoms with Crippen molar-refractivity contribution in [2.24, 2.45) is 10.9 Å². The Bertz CT molecular complexity index is 501. The van der Waals surface area contributed by atoms with Gasteiger partial charge in [-0.05, 0) is 30.9 Å². The van der Waals surface area contributed by atoms with Crippen molar-refractivity contribution in [2.45, 2.75) is 33.3 Å². The normalized spacial score (nSPS) is 12.6. The van der Waals surface area contributed by atoms with Crippen LogP contribution in [0.1, 0.15) is 26.3 Å². The van der Waals surface area contributed by atoms with Crippen LogP contribution in [-0.2, 0) is 11.2 Å². The zero-order valence-electron chi connectivity index (χ0n) is 15.3. The Morgan fingerprint density at radius 3 is 2.60 bits per heavy atom. The molecule has 1 aromatic carbocycles. The molecule has 7 heteroatoms. The van der Waals surface area contributed by atoms with Crippen molar-refractivity contribution in [1.29, 1.82) is 0 Å². The van der Waals surface area contributed by atoms with E-state index in [4.69, 9.17) is 4.74 Å². The van der Waals surface area contributed by atoms with Gasteiger partial charge in [-0.25, -0.2) is 4.39 Å². The van der Waals surface area contributed by atoms with Crippen molar-refractivity contribution >= 4 is 29.9 Å². The summed E-state index contributed by atoms with van der Waals surface area (Å²) < 4.78 is 19.0. The number of guanidine groups is 1. The van der Waals surface area contributed by atoms with E-state index < -0.39 is 6.10 Å². The van der Waals surface area contributed by atoms with Gasteiger partial charge in [0.1, 0.15) is 5.82 Å². The van der Waals surface area contributed by atoms with E-state index in [1.165, 1.54) is 6.07 Å². The van der Waals surface area contributed by atoms with Crippen LogP contribution < -0.4 is 10.6 Å². The monoisotopic (exact) mass is 467 g/mol. The highest BCUT2D eigenvalue weighted by atomic mass is 127. The first-order valence-electron chi connectivity index (χ1n) is 8.54. The molecule has 0 amide bonds. The van der Waals surface area contributed by atoms with Gasteiger partial charge in [-0.15, -0.1) is 24.0 Å². The molecule has 144 valence electrons. The van der Waals surface area contributed by atoms with E-state index in [1.807, 2.05) is 13.0 Å². The van der Waals surface area contributed by atoms with Crippen LogP contribution in [0.4, 0.5) is 4.39 Å². The molecule has 0 saturated carbocycles. The second-order valence-electron chi connectivity index (χ2n) is 6.07. The summed E-state index contributed by atoms with van der Waals surface area (Å²) in [5, 5.41) is 16.1. The molecule has 0 radical (unpaired) electrons. The van der Waals surface area contributed by atoms with Gasteiger partial charge in [0.25, 0.3) is 0 Å². The minimum absolute atomic E-state index is 0. The molecule has 0 saturated heterocycles. The average Bonchev–Trinajstić information content (AvgIpc) is 2.54. The molecule has 5 nitrogen and oxygen atoms in total. The predicted molar refractivity (Wildman–Crippen MR) is 111 cm³/mol.